The van der Waals surface area contributed by atoms with Gasteiger partial charge >= 0.3 is 0 Å². The van der Waals surface area contributed by atoms with Crippen LogP contribution < -0.4 is 11.1 Å². The van der Waals surface area contributed by atoms with E-state index in [-0.39, 0.29) is 5.95 Å². The van der Waals surface area contributed by atoms with Crippen molar-refractivity contribution in [1.82, 2.24) is 29.5 Å². The van der Waals surface area contributed by atoms with Crippen LogP contribution in [0.25, 0.3) is 5.65 Å². The minimum atomic E-state index is 0.143. The lowest BCUT2D eigenvalue weighted by atomic mass is 10.1. The highest BCUT2D eigenvalue weighted by Crippen LogP contribution is 2.27. The molecule has 0 bridgehead atoms. The highest BCUT2D eigenvalue weighted by Gasteiger charge is 2.13. The molecule has 0 radical (unpaired) electrons. The molecule has 8 nitrogen and oxygen atoms in total. The molecule has 3 heterocycles. The summed E-state index contributed by atoms with van der Waals surface area (Å²) in [5, 5.41) is 13.0. The predicted molar refractivity (Wildman–Crippen MR) is 116 cm³/mol. The van der Waals surface area contributed by atoms with Crippen molar-refractivity contribution >= 4 is 58.2 Å². The van der Waals surface area contributed by atoms with Gasteiger partial charge in [0.25, 0.3) is 0 Å². The van der Waals surface area contributed by atoms with Gasteiger partial charge in [-0.1, -0.05) is 60.1 Å². The third kappa shape index (κ3) is 4.36. The van der Waals surface area contributed by atoms with Crippen LogP contribution >= 0.6 is 35.0 Å². The average Bonchev–Trinajstić information content (AvgIpc) is 3.09. The third-order valence-corrected chi connectivity index (χ3v) is 5.49. The molecule has 3 aromatic heterocycles. The van der Waals surface area contributed by atoms with Gasteiger partial charge < -0.3 is 11.1 Å². The third-order valence-electron chi connectivity index (χ3n) is 4.07. The molecular weight excluding hydrogens is 431 g/mol. The molecule has 4 aromatic rings. The number of thioether (sulfide) groups is 1. The van der Waals surface area contributed by atoms with Crippen LogP contribution in [0.3, 0.4) is 0 Å². The Hall–Kier alpha value is -2.62. The Morgan fingerprint density at radius 2 is 1.97 bits per heavy atom. The number of nitrogens with zero attached hydrogens (tertiary/aromatic N) is 6. The number of aromatic nitrogens is 6. The molecule has 11 heteroatoms. The quantitative estimate of drug-likeness (QED) is 0.419. The van der Waals surface area contributed by atoms with E-state index in [0.717, 1.165) is 17.7 Å². The van der Waals surface area contributed by atoms with Crippen LogP contribution in [-0.4, -0.2) is 29.5 Å². The van der Waals surface area contributed by atoms with Crippen molar-refractivity contribution in [3.63, 3.8) is 0 Å². The second kappa shape index (κ2) is 8.40. The summed E-state index contributed by atoms with van der Waals surface area (Å²) in [6, 6.07) is 9.60. The molecule has 29 heavy (non-hydrogen) atoms. The van der Waals surface area contributed by atoms with Crippen molar-refractivity contribution in [2.75, 3.05) is 11.1 Å². The smallest absolute Gasteiger partial charge is 0.232 e. The number of halogens is 2. The Bertz CT molecular complexity index is 1180. The summed E-state index contributed by atoms with van der Waals surface area (Å²) in [5.41, 5.74) is 8.51. The average molecular weight is 447 g/mol. The maximum Gasteiger partial charge on any atom is 0.232 e. The van der Waals surface area contributed by atoms with Gasteiger partial charge in [-0.05, 0) is 24.1 Å². The second-order valence-corrected chi connectivity index (χ2v) is 7.83. The van der Waals surface area contributed by atoms with Crippen LogP contribution in [0, 0.1) is 0 Å². The lowest BCUT2D eigenvalue weighted by Crippen LogP contribution is -2.07. The number of nitrogens with one attached hydrogen (secondary N) is 1. The topological polar surface area (TPSA) is 107 Å². The van der Waals surface area contributed by atoms with Gasteiger partial charge in [0.2, 0.25) is 11.9 Å². The Balaban J connectivity index is 1.56. The number of rotatable bonds is 6. The van der Waals surface area contributed by atoms with Gasteiger partial charge in [-0.25, -0.2) is 0 Å². The number of anilines is 3. The number of hydrogen-bond acceptors (Lipinski definition) is 8. The van der Waals surface area contributed by atoms with Crippen LogP contribution in [0.1, 0.15) is 18.3 Å². The maximum atomic E-state index is 6.16. The Morgan fingerprint density at radius 1 is 1.14 bits per heavy atom. The van der Waals surface area contributed by atoms with Gasteiger partial charge in [-0.2, -0.15) is 15.0 Å². The fourth-order valence-corrected chi connectivity index (χ4v) is 4.03. The number of nitrogens with two attached hydrogens (primary N) is 1. The second-order valence-electron chi connectivity index (χ2n) is 6.04. The number of pyridine rings is 1. The zero-order valence-electron chi connectivity index (χ0n) is 15.3. The van der Waals surface area contributed by atoms with Crippen molar-refractivity contribution in [1.29, 1.82) is 0 Å². The number of para-hydroxylation sites is 1. The first kappa shape index (κ1) is 19.7. The molecule has 0 unspecified atom stereocenters. The zero-order chi connectivity index (χ0) is 20.4. The number of nitrogen functional groups attached to an aromatic ring is 1. The number of fused-ring (bicyclic) bond motifs is 1. The lowest BCUT2D eigenvalue weighted by molar-refractivity contribution is 0.914. The summed E-state index contributed by atoms with van der Waals surface area (Å²) in [4.78, 5) is 12.9. The van der Waals surface area contributed by atoms with E-state index in [0.29, 0.717) is 38.4 Å². The first-order valence-corrected chi connectivity index (χ1v) is 10.5. The Labute approximate surface area is 180 Å². The van der Waals surface area contributed by atoms with Crippen LogP contribution in [-0.2, 0) is 12.2 Å². The van der Waals surface area contributed by atoms with E-state index >= 15 is 0 Å². The maximum absolute atomic E-state index is 6.16. The summed E-state index contributed by atoms with van der Waals surface area (Å²) < 4.78 is 1.73. The Morgan fingerprint density at radius 3 is 2.79 bits per heavy atom. The predicted octanol–water partition coefficient (Wildman–Crippen LogP) is 4.40. The molecule has 0 saturated carbocycles. The van der Waals surface area contributed by atoms with Gasteiger partial charge in [0, 0.05) is 11.9 Å². The molecular formula is C18H16Cl2N8S. The number of hydrogen-bond donors (Lipinski definition) is 2. The van der Waals surface area contributed by atoms with Crippen molar-refractivity contribution in [2.24, 2.45) is 0 Å². The molecule has 0 fully saturated rings. The fraction of sp³-hybridized carbons (Fsp3) is 0.167. The molecule has 0 aliphatic carbocycles. The number of aryl methyl sites for hydroxylation is 1. The van der Waals surface area contributed by atoms with Gasteiger partial charge in [0.05, 0.1) is 15.8 Å². The van der Waals surface area contributed by atoms with Crippen molar-refractivity contribution in [3.8, 4) is 0 Å². The molecule has 3 N–H and O–H groups in total. The van der Waals surface area contributed by atoms with E-state index in [4.69, 9.17) is 28.9 Å². The summed E-state index contributed by atoms with van der Waals surface area (Å²) >= 11 is 13.6. The van der Waals surface area contributed by atoms with Gasteiger partial charge in [0.15, 0.2) is 10.8 Å². The van der Waals surface area contributed by atoms with E-state index < -0.39 is 0 Å². The summed E-state index contributed by atoms with van der Waals surface area (Å²) in [7, 11) is 0. The lowest BCUT2D eigenvalue weighted by Gasteiger charge is -2.10. The molecule has 1 aromatic carbocycles. The molecule has 0 atom stereocenters. The van der Waals surface area contributed by atoms with Crippen LogP contribution in [0.4, 0.5) is 17.6 Å². The number of benzene rings is 1. The molecule has 4 rings (SSSR count). The largest absolute Gasteiger partial charge is 0.368 e. The SMILES string of the molecule is CCc1ccccc1Nc1nc(N)nc(CSc2nnc3c(Cl)cc(Cl)cn23)n1. The summed E-state index contributed by atoms with van der Waals surface area (Å²) in [6.45, 7) is 2.09. The standard InChI is InChI=1S/C18H16Cl2N8S/c1-2-10-5-3-4-6-13(10)22-17-24-14(23-16(21)25-17)9-29-18-27-26-15-12(20)7-11(19)8-28(15)18/h3-8H,2,9H2,1H3,(H3,21,22,23,24,25). The van der Waals surface area contributed by atoms with E-state index in [2.05, 4.69) is 43.5 Å². The molecule has 0 aliphatic rings. The van der Waals surface area contributed by atoms with E-state index in [1.807, 2.05) is 18.2 Å². The Kier molecular flexibility index (Phi) is 5.70. The molecule has 0 spiro atoms. The molecule has 0 amide bonds. The van der Waals surface area contributed by atoms with Crippen molar-refractivity contribution in [2.45, 2.75) is 24.3 Å². The van der Waals surface area contributed by atoms with E-state index in [1.165, 1.54) is 11.8 Å². The van der Waals surface area contributed by atoms with Crippen molar-refractivity contribution in [3.05, 3.63) is 58.0 Å². The fourth-order valence-electron chi connectivity index (χ4n) is 2.76. The molecule has 0 saturated heterocycles. The van der Waals surface area contributed by atoms with Crippen LogP contribution in [0.2, 0.25) is 10.0 Å². The van der Waals surface area contributed by atoms with Gasteiger partial charge in [0.1, 0.15) is 5.82 Å². The first-order valence-electron chi connectivity index (χ1n) is 8.71. The van der Waals surface area contributed by atoms with Crippen molar-refractivity contribution < 1.29 is 0 Å². The van der Waals surface area contributed by atoms with Crippen LogP contribution in [0.15, 0.2) is 41.7 Å². The normalized spacial score (nSPS) is 11.1. The molecule has 0 aliphatic heterocycles. The van der Waals surface area contributed by atoms with Gasteiger partial charge in [-0.15, -0.1) is 10.2 Å². The molecule has 148 valence electrons. The minimum Gasteiger partial charge on any atom is -0.368 e. The minimum absolute atomic E-state index is 0.143. The highest BCUT2D eigenvalue weighted by molar-refractivity contribution is 7.98. The van der Waals surface area contributed by atoms with E-state index in [1.54, 1.807) is 16.7 Å². The zero-order valence-corrected chi connectivity index (χ0v) is 17.6. The van der Waals surface area contributed by atoms with Gasteiger partial charge in [-0.3, -0.25) is 4.40 Å². The monoisotopic (exact) mass is 446 g/mol. The van der Waals surface area contributed by atoms with Crippen LogP contribution in [0.5, 0.6) is 0 Å². The first-order chi connectivity index (χ1) is 14.0. The van der Waals surface area contributed by atoms with E-state index in [9.17, 15) is 0 Å². The highest BCUT2D eigenvalue weighted by atomic mass is 35.5. The summed E-state index contributed by atoms with van der Waals surface area (Å²) in [6.07, 6.45) is 2.60. The summed E-state index contributed by atoms with van der Waals surface area (Å²) in [5.74, 6) is 1.47.